The van der Waals surface area contributed by atoms with Gasteiger partial charge in [0.05, 0.1) is 0 Å². The predicted octanol–water partition coefficient (Wildman–Crippen LogP) is 2.43. The number of nitrogen functional groups attached to an aromatic ring is 1. The van der Waals surface area contributed by atoms with Crippen molar-refractivity contribution in [1.82, 2.24) is 4.98 Å². The fraction of sp³-hybridized carbons (Fsp3) is 0.214. The molecule has 0 aliphatic carbocycles. The molecule has 0 aliphatic rings. The van der Waals surface area contributed by atoms with Crippen molar-refractivity contribution in [3.05, 3.63) is 58.7 Å². The summed E-state index contributed by atoms with van der Waals surface area (Å²) in [6, 6.07) is 11.6. The highest BCUT2D eigenvalue weighted by atomic mass is 35.5. The van der Waals surface area contributed by atoms with Gasteiger partial charge >= 0.3 is 0 Å². The Kier molecular flexibility index (Phi) is 4.18. The van der Waals surface area contributed by atoms with E-state index in [1.807, 2.05) is 36.4 Å². The number of halogens is 1. The number of benzene rings is 1. The van der Waals surface area contributed by atoms with Crippen LogP contribution in [0.15, 0.2) is 42.6 Å². The molecule has 1 aromatic carbocycles. The van der Waals surface area contributed by atoms with Crippen molar-refractivity contribution in [2.75, 3.05) is 5.73 Å². The predicted molar refractivity (Wildman–Crippen MR) is 75.5 cm³/mol. The molecule has 0 amide bonds. The van der Waals surface area contributed by atoms with Crippen LogP contribution >= 0.6 is 11.6 Å². The lowest BCUT2D eigenvalue weighted by molar-refractivity contribution is 0.665. The molecular weight excluding hydrogens is 246 g/mol. The van der Waals surface area contributed by atoms with Crippen LogP contribution in [0.1, 0.15) is 11.1 Å². The highest BCUT2D eigenvalue weighted by molar-refractivity contribution is 6.31. The molecule has 2 aromatic rings. The minimum Gasteiger partial charge on any atom is -0.383 e. The maximum Gasteiger partial charge on any atom is 0.126 e. The van der Waals surface area contributed by atoms with E-state index in [4.69, 9.17) is 23.1 Å². The van der Waals surface area contributed by atoms with Crippen molar-refractivity contribution < 1.29 is 0 Å². The molecule has 18 heavy (non-hydrogen) atoms. The molecule has 3 nitrogen and oxygen atoms in total. The first-order valence-corrected chi connectivity index (χ1v) is 6.23. The molecule has 0 radical (unpaired) electrons. The first-order valence-electron chi connectivity index (χ1n) is 5.85. The third kappa shape index (κ3) is 3.22. The molecule has 0 saturated heterocycles. The van der Waals surface area contributed by atoms with E-state index in [1.54, 1.807) is 6.20 Å². The van der Waals surface area contributed by atoms with Gasteiger partial charge in [0.15, 0.2) is 0 Å². The van der Waals surface area contributed by atoms with Crippen molar-refractivity contribution >= 4 is 17.4 Å². The Morgan fingerprint density at radius 2 is 1.72 bits per heavy atom. The van der Waals surface area contributed by atoms with Crippen LogP contribution in [-0.2, 0) is 12.8 Å². The second-order valence-corrected chi connectivity index (χ2v) is 4.71. The zero-order valence-electron chi connectivity index (χ0n) is 10.0. The summed E-state index contributed by atoms with van der Waals surface area (Å²) in [5.41, 5.74) is 14.0. The van der Waals surface area contributed by atoms with Gasteiger partial charge in [0, 0.05) is 17.3 Å². The van der Waals surface area contributed by atoms with E-state index >= 15 is 0 Å². The molecule has 94 valence electrons. The third-order valence-corrected chi connectivity index (χ3v) is 3.22. The van der Waals surface area contributed by atoms with Crippen LogP contribution in [0.25, 0.3) is 0 Å². The highest BCUT2D eigenvalue weighted by Crippen LogP contribution is 2.18. The van der Waals surface area contributed by atoms with Crippen LogP contribution in [0.2, 0.25) is 5.02 Å². The Morgan fingerprint density at radius 3 is 2.44 bits per heavy atom. The fourth-order valence-electron chi connectivity index (χ4n) is 1.92. The first-order chi connectivity index (χ1) is 8.66. The average molecular weight is 262 g/mol. The molecule has 0 bridgehead atoms. The monoisotopic (exact) mass is 261 g/mol. The van der Waals surface area contributed by atoms with Gasteiger partial charge in [-0.2, -0.15) is 0 Å². The number of hydrogen-bond donors (Lipinski definition) is 2. The Morgan fingerprint density at radius 1 is 1.06 bits per heavy atom. The minimum atomic E-state index is -0.0172. The summed E-state index contributed by atoms with van der Waals surface area (Å²) in [6.45, 7) is 0. The van der Waals surface area contributed by atoms with E-state index in [1.165, 1.54) is 0 Å². The number of anilines is 1. The highest BCUT2D eigenvalue weighted by Gasteiger charge is 2.09. The molecule has 0 saturated carbocycles. The average Bonchev–Trinajstić information content (AvgIpc) is 2.35. The lowest BCUT2D eigenvalue weighted by Gasteiger charge is -2.13. The molecule has 0 fully saturated rings. The lowest BCUT2D eigenvalue weighted by Crippen LogP contribution is -2.26. The number of hydrogen-bond acceptors (Lipinski definition) is 3. The van der Waals surface area contributed by atoms with Gasteiger partial charge in [-0.15, -0.1) is 0 Å². The van der Waals surface area contributed by atoms with E-state index < -0.39 is 0 Å². The Hall–Kier alpha value is -1.58. The van der Waals surface area contributed by atoms with Gasteiger partial charge in [-0.25, -0.2) is 4.98 Å². The summed E-state index contributed by atoms with van der Waals surface area (Å²) in [5.74, 6) is 0.548. The molecule has 0 aliphatic heterocycles. The minimum absolute atomic E-state index is 0.0172. The summed E-state index contributed by atoms with van der Waals surface area (Å²) < 4.78 is 0. The zero-order valence-corrected chi connectivity index (χ0v) is 10.8. The number of pyridine rings is 1. The maximum atomic E-state index is 6.13. The van der Waals surface area contributed by atoms with Crippen molar-refractivity contribution in [2.24, 2.45) is 5.73 Å². The first kappa shape index (κ1) is 12.9. The number of aromatic nitrogens is 1. The summed E-state index contributed by atoms with van der Waals surface area (Å²) in [7, 11) is 0. The molecule has 4 heteroatoms. The summed E-state index contributed by atoms with van der Waals surface area (Å²) >= 11 is 6.11. The van der Waals surface area contributed by atoms with Gasteiger partial charge in [0.1, 0.15) is 5.82 Å². The van der Waals surface area contributed by atoms with Crippen molar-refractivity contribution in [3.63, 3.8) is 0 Å². The quantitative estimate of drug-likeness (QED) is 0.888. The molecular formula is C14H16ClN3. The Bertz CT molecular complexity index is 480. The second kappa shape index (κ2) is 5.85. The van der Waals surface area contributed by atoms with Gasteiger partial charge in [-0.05, 0) is 36.1 Å². The third-order valence-electron chi connectivity index (χ3n) is 2.85. The summed E-state index contributed by atoms with van der Waals surface area (Å²) in [5, 5.41) is 0.757. The summed E-state index contributed by atoms with van der Waals surface area (Å²) in [4.78, 5) is 4.05. The normalized spacial score (nSPS) is 12.3. The van der Waals surface area contributed by atoms with Gasteiger partial charge in [-0.3, -0.25) is 0 Å². The van der Waals surface area contributed by atoms with Gasteiger partial charge in [0.25, 0.3) is 0 Å². The van der Waals surface area contributed by atoms with Crippen molar-refractivity contribution in [3.8, 4) is 0 Å². The molecule has 0 spiro atoms. The number of nitrogens with two attached hydrogens (primary N) is 2. The Balaban J connectivity index is 2.04. The van der Waals surface area contributed by atoms with E-state index in [0.717, 1.165) is 22.6 Å². The molecule has 1 aromatic heterocycles. The molecule has 1 heterocycles. The van der Waals surface area contributed by atoms with E-state index in [-0.39, 0.29) is 6.04 Å². The second-order valence-electron chi connectivity index (χ2n) is 4.31. The van der Waals surface area contributed by atoms with E-state index in [0.29, 0.717) is 12.2 Å². The largest absolute Gasteiger partial charge is 0.383 e. The van der Waals surface area contributed by atoms with Crippen LogP contribution in [0.3, 0.4) is 0 Å². The van der Waals surface area contributed by atoms with E-state index in [9.17, 15) is 0 Å². The molecule has 2 rings (SSSR count). The summed E-state index contributed by atoms with van der Waals surface area (Å²) in [6.07, 6.45) is 3.11. The van der Waals surface area contributed by atoms with Crippen LogP contribution < -0.4 is 11.5 Å². The Labute approximate surface area is 112 Å². The molecule has 1 unspecified atom stereocenters. The van der Waals surface area contributed by atoms with Crippen molar-refractivity contribution in [1.29, 1.82) is 0 Å². The number of nitrogens with zero attached hydrogens (tertiary/aromatic N) is 1. The maximum absolute atomic E-state index is 6.13. The lowest BCUT2D eigenvalue weighted by atomic mass is 10.00. The standard InChI is InChI=1S/C14H16ClN3/c15-13-6-2-1-4-10(13)8-12(16)9-11-5-3-7-18-14(11)17/h1-7,12H,8-9,16H2,(H2,17,18). The molecule has 1 atom stereocenters. The van der Waals surface area contributed by atoms with Gasteiger partial charge in [-0.1, -0.05) is 35.9 Å². The zero-order chi connectivity index (χ0) is 13.0. The smallest absolute Gasteiger partial charge is 0.126 e. The van der Waals surface area contributed by atoms with Gasteiger partial charge in [0.2, 0.25) is 0 Å². The number of rotatable bonds is 4. The SMILES string of the molecule is Nc1ncccc1CC(N)Cc1ccccc1Cl. The van der Waals surface area contributed by atoms with Crippen LogP contribution in [0.4, 0.5) is 5.82 Å². The molecule has 4 N–H and O–H groups in total. The van der Waals surface area contributed by atoms with E-state index in [2.05, 4.69) is 4.98 Å². The van der Waals surface area contributed by atoms with Crippen LogP contribution in [0, 0.1) is 0 Å². The van der Waals surface area contributed by atoms with Crippen LogP contribution in [-0.4, -0.2) is 11.0 Å². The fourth-order valence-corrected chi connectivity index (χ4v) is 2.14. The van der Waals surface area contributed by atoms with Crippen LogP contribution in [0.5, 0.6) is 0 Å². The van der Waals surface area contributed by atoms with Gasteiger partial charge < -0.3 is 11.5 Å². The van der Waals surface area contributed by atoms with Crippen molar-refractivity contribution in [2.45, 2.75) is 18.9 Å². The topological polar surface area (TPSA) is 64.9 Å².